The Morgan fingerprint density at radius 2 is 1.80 bits per heavy atom. The van der Waals surface area contributed by atoms with Gasteiger partial charge in [-0.25, -0.2) is 4.79 Å². The molecule has 0 unspecified atom stereocenters. The summed E-state index contributed by atoms with van der Waals surface area (Å²) >= 11 is 1.37. The minimum Gasteiger partial charge on any atom is -0.462 e. The maximum absolute atomic E-state index is 13.1. The number of thiophene rings is 1. The monoisotopic (exact) mass is 486 g/mol. The van der Waals surface area contributed by atoms with E-state index in [9.17, 15) is 14.9 Å². The molecule has 0 spiro atoms. The normalized spacial score (nSPS) is 17.2. The van der Waals surface area contributed by atoms with E-state index in [0.717, 1.165) is 21.6 Å². The fraction of sp³-hybridized carbons (Fsp3) is 0.345. The van der Waals surface area contributed by atoms with Gasteiger partial charge >= 0.3 is 5.97 Å². The molecule has 2 aromatic carbocycles. The van der Waals surface area contributed by atoms with E-state index >= 15 is 0 Å². The lowest BCUT2D eigenvalue weighted by molar-refractivity contribution is 0.0526. The number of amides is 1. The third-order valence-electron chi connectivity index (χ3n) is 6.61. The van der Waals surface area contributed by atoms with Crippen LogP contribution in [0.1, 0.15) is 76.4 Å². The average Bonchev–Trinajstić information content (AvgIpc) is 3.20. The molecule has 0 aliphatic heterocycles. The lowest BCUT2D eigenvalue weighted by atomic mass is 9.70. The summed E-state index contributed by atoms with van der Waals surface area (Å²) < 4.78 is 5.35. The van der Waals surface area contributed by atoms with Crippen molar-refractivity contribution in [2.24, 2.45) is 0 Å². The molecular formula is C29H30N2O3S. The third-order valence-corrected chi connectivity index (χ3v) is 7.76. The molecule has 180 valence electrons. The third kappa shape index (κ3) is 4.87. The Kier molecular flexibility index (Phi) is 6.82. The van der Waals surface area contributed by atoms with Gasteiger partial charge in [-0.2, -0.15) is 5.26 Å². The molecule has 0 fully saturated rings. The van der Waals surface area contributed by atoms with E-state index in [1.807, 2.05) is 54.6 Å². The van der Waals surface area contributed by atoms with Crippen molar-refractivity contribution in [3.05, 3.63) is 87.3 Å². The summed E-state index contributed by atoms with van der Waals surface area (Å²) in [5.74, 6) is -0.711. The molecule has 1 atom stereocenters. The van der Waals surface area contributed by atoms with Crippen LogP contribution in [0.15, 0.2) is 54.6 Å². The van der Waals surface area contributed by atoms with Crippen LogP contribution in [0.3, 0.4) is 0 Å². The van der Waals surface area contributed by atoms with Crippen molar-refractivity contribution in [3.63, 3.8) is 0 Å². The molecule has 1 N–H and O–H groups in total. The Hall–Kier alpha value is -3.43. The number of hydrogen-bond donors (Lipinski definition) is 1. The summed E-state index contributed by atoms with van der Waals surface area (Å²) in [5.41, 5.74) is 3.28. The van der Waals surface area contributed by atoms with Gasteiger partial charge in [0.15, 0.2) is 0 Å². The first-order chi connectivity index (χ1) is 16.7. The molecule has 0 saturated carbocycles. The number of benzene rings is 2. The van der Waals surface area contributed by atoms with Crippen LogP contribution in [0.25, 0.3) is 0 Å². The number of carbonyl (C=O) groups is 2. The van der Waals surface area contributed by atoms with E-state index in [0.29, 0.717) is 35.4 Å². The van der Waals surface area contributed by atoms with Crippen molar-refractivity contribution in [1.82, 2.24) is 0 Å². The molecule has 35 heavy (non-hydrogen) atoms. The lowest BCUT2D eigenvalue weighted by Crippen LogP contribution is -2.31. The first-order valence-electron chi connectivity index (χ1n) is 11.9. The van der Waals surface area contributed by atoms with E-state index in [1.54, 1.807) is 6.92 Å². The van der Waals surface area contributed by atoms with Crippen LogP contribution < -0.4 is 5.32 Å². The molecule has 0 saturated heterocycles. The largest absolute Gasteiger partial charge is 0.462 e. The van der Waals surface area contributed by atoms with Gasteiger partial charge in [0, 0.05) is 16.9 Å². The summed E-state index contributed by atoms with van der Waals surface area (Å²) in [6.45, 7) is 8.39. The summed E-state index contributed by atoms with van der Waals surface area (Å²) in [6.07, 6.45) is 1.67. The summed E-state index contributed by atoms with van der Waals surface area (Å²) in [4.78, 5) is 27.0. The fourth-order valence-electron chi connectivity index (χ4n) is 4.59. The van der Waals surface area contributed by atoms with E-state index in [1.165, 1.54) is 11.3 Å². The van der Waals surface area contributed by atoms with Crippen molar-refractivity contribution < 1.29 is 14.3 Å². The highest BCUT2D eigenvalue weighted by Crippen LogP contribution is 2.45. The molecule has 4 rings (SSSR count). The fourth-order valence-corrected chi connectivity index (χ4v) is 5.93. The number of nitriles is 1. The van der Waals surface area contributed by atoms with Crippen LogP contribution in [0.5, 0.6) is 0 Å². The van der Waals surface area contributed by atoms with Crippen molar-refractivity contribution >= 4 is 28.2 Å². The summed E-state index contributed by atoms with van der Waals surface area (Å²) in [5, 5.41) is 13.6. The number of rotatable bonds is 5. The van der Waals surface area contributed by atoms with Crippen LogP contribution in [0, 0.1) is 11.3 Å². The number of hydrogen-bond acceptors (Lipinski definition) is 5. The zero-order valence-corrected chi connectivity index (χ0v) is 21.4. The van der Waals surface area contributed by atoms with Gasteiger partial charge in [0.25, 0.3) is 5.91 Å². The summed E-state index contributed by atoms with van der Waals surface area (Å²) in [7, 11) is 0. The van der Waals surface area contributed by atoms with Crippen molar-refractivity contribution in [2.45, 2.75) is 57.8 Å². The van der Waals surface area contributed by atoms with E-state index in [2.05, 4.69) is 32.2 Å². The van der Waals surface area contributed by atoms with Gasteiger partial charge in [-0.3, -0.25) is 4.79 Å². The van der Waals surface area contributed by atoms with Crippen LogP contribution >= 0.6 is 11.3 Å². The second kappa shape index (κ2) is 9.67. The standard InChI is InChI=1S/C29H30N2O3S/c1-5-34-27(33)24-22-15-16-29(18-30,21-9-7-6-8-10-21)17-23(22)35-26(24)31-25(32)19-11-13-20(14-12-19)28(2,3)4/h6-14H,5,15-17H2,1-4H3,(H,31,32)/t29-/m0/s1. The highest BCUT2D eigenvalue weighted by Gasteiger charge is 2.40. The van der Waals surface area contributed by atoms with Gasteiger partial charge in [-0.05, 0) is 54.0 Å². The molecular weight excluding hydrogens is 456 g/mol. The summed E-state index contributed by atoms with van der Waals surface area (Å²) in [6, 6.07) is 19.9. The quantitative estimate of drug-likeness (QED) is 0.422. The minimum absolute atomic E-state index is 0.00904. The Morgan fingerprint density at radius 3 is 2.40 bits per heavy atom. The molecule has 1 heterocycles. The molecule has 0 bridgehead atoms. The maximum atomic E-state index is 13.1. The van der Waals surface area contributed by atoms with Crippen LogP contribution in [-0.2, 0) is 28.4 Å². The minimum atomic E-state index is -0.658. The van der Waals surface area contributed by atoms with E-state index < -0.39 is 11.4 Å². The highest BCUT2D eigenvalue weighted by molar-refractivity contribution is 7.17. The first-order valence-corrected chi connectivity index (χ1v) is 12.7. The lowest BCUT2D eigenvalue weighted by Gasteiger charge is -2.31. The predicted octanol–water partition coefficient (Wildman–Crippen LogP) is 6.42. The molecule has 0 radical (unpaired) electrons. The zero-order valence-electron chi connectivity index (χ0n) is 20.6. The van der Waals surface area contributed by atoms with Crippen molar-refractivity contribution in [2.75, 3.05) is 11.9 Å². The number of anilines is 1. The van der Waals surface area contributed by atoms with Crippen LogP contribution in [0.4, 0.5) is 5.00 Å². The number of carbonyl (C=O) groups excluding carboxylic acids is 2. The van der Waals surface area contributed by atoms with E-state index in [-0.39, 0.29) is 17.9 Å². The topological polar surface area (TPSA) is 79.2 Å². The second-order valence-corrected chi connectivity index (χ2v) is 11.1. The molecule has 3 aromatic rings. The Labute approximate surface area is 210 Å². The first kappa shape index (κ1) is 24.7. The molecule has 6 heteroatoms. The van der Waals surface area contributed by atoms with Gasteiger partial charge in [0.1, 0.15) is 5.00 Å². The number of ether oxygens (including phenoxy) is 1. The SMILES string of the molecule is CCOC(=O)c1c(NC(=O)c2ccc(C(C)(C)C)cc2)sc2c1CC[C@](C#N)(c1ccccc1)C2. The Morgan fingerprint density at radius 1 is 1.11 bits per heavy atom. The molecule has 1 aliphatic rings. The van der Waals surface area contributed by atoms with Gasteiger partial charge in [0.05, 0.1) is 23.7 Å². The Bertz CT molecular complexity index is 1280. The zero-order chi connectivity index (χ0) is 25.2. The predicted molar refractivity (Wildman–Crippen MR) is 139 cm³/mol. The van der Waals surface area contributed by atoms with Crippen molar-refractivity contribution in [1.29, 1.82) is 5.26 Å². The number of fused-ring (bicyclic) bond motifs is 1. The highest BCUT2D eigenvalue weighted by atomic mass is 32.1. The van der Waals surface area contributed by atoms with Crippen molar-refractivity contribution in [3.8, 4) is 6.07 Å². The van der Waals surface area contributed by atoms with E-state index in [4.69, 9.17) is 4.74 Å². The number of nitrogens with zero attached hydrogens (tertiary/aromatic N) is 1. The molecule has 1 aromatic heterocycles. The average molecular weight is 487 g/mol. The van der Waals surface area contributed by atoms with Gasteiger partial charge in [0.2, 0.25) is 0 Å². The number of esters is 1. The van der Waals surface area contributed by atoms with Crippen LogP contribution in [0.2, 0.25) is 0 Å². The molecule has 1 aliphatic carbocycles. The second-order valence-electron chi connectivity index (χ2n) is 9.95. The Balaban J connectivity index is 1.68. The smallest absolute Gasteiger partial charge is 0.341 e. The van der Waals surface area contributed by atoms with Gasteiger partial charge in [-0.1, -0.05) is 63.2 Å². The molecule has 1 amide bonds. The van der Waals surface area contributed by atoms with Gasteiger partial charge < -0.3 is 10.1 Å². The molecule has 5 nitrogen and oxygen atoms in total. The number of nitrogens with one attached hydrogen (secondary N) is 1. The van der Waals surface area contributed by atoms with Crippen LogP contribution in [-0.4, -0.2) is 18.5 Å². The van der Waals surface area contributed by atoms with Gasteiger partial charge in [-0.15, -0.1) is 11.3 Å². The maximum Gasteiger partial charge on any atom is 0.341 e.